The molecule has 1 unspecified atom stereocenters. The van der Waals surface area contributed by atoms with Crippen LogP contribution < -0.4 is 0 Å². The molecule has 25 heavy (non-hydrogen) atoms. The third-order valence-corrected chi connectivity index (χ3v) is 4.49. The third kappa shape index (κ3) is 3.06. The normalized spacial score (nSPS) is 17.9. The minimum absolute atomic E-state index is 0.0335. The summed E-state index contributed by atoms with van der Waals surface area (Å²) in [6.07, 6.45) is 0. The van der Waals surface area contributed by atoms with Gasteiger partial charge in [-0.1, -0.05) is 0 Å². The van der Waals surface area contributed by atoms with Gasteiger partial charge in [-0.2, -0.15) is 0 Å². The summed E-state index contributed by atoms with van der Waals surface area (Å²) in [4.78, 5) is 26.2. The van der Waals surface area contributed by atoms with Crippen LogP contribution in [0.4, 0.5) is 13.2 Å². The van der Waals surface area contributed by atoms with E-state index >= 15 is 0 Å². The predicted octanol–water partition coefficient (Wildman–Crippen LogP) is 3.44. The number of halogens is 3. The number of rotatable bonds is 3. The first-order valence-electron chi connectivity index (χ1n) is 7.50. The first-order chi connectivity index (χ1) is 11.6. The van der Waals surface area contributed by atoms with E-state index in [1.807, 2.05) is 0 Å². The van der Waals surface area contributed by atoms with Gasteiger partial charge in [0.25, 0.3) is 0 Å². The second kappa shape index (κ2) is 6.74. The van der Waals surface area contributed by atoms with Gasteiger partial charge in [-0.25, -0.2) is 18.0 Å². The topological polar surface area (TPSA) is 46.6 Å². The summed E-state index contributed by atoms with van der Waals surface area (Å²) in [7, 11) is 2.84. The number of methoxy groups -OCH3 is 1. The van der Waals surface area contributed by atoms with Crippen molar-refractivity contribution in [1.82, 2.24) is 4.90 Å². The Morgan fingerprint density at radius 1 is 1.04 bits per heavy atom. The maximum absolute atomic E-state index is 13.7. The molecule has 1 aromatic carbocycles. The lowest BCUT2D eigenvalue weighted by atomic mass is 9.78. The Morgan fingerprint density at radius 2 is 1.52 bits per heavy atom. The van der Waals surface area contributed by atoms with Crippen molar-refractivity contribution in [2.75, 3.05) is 14.2 Å². The molecule has 1 heterocycles. The van der Waals surface area contributed by atoms with Crippen molar-refractivity contribution in [2.45, 2.75) is 26.7 Å². The number of benzene rings is 1. The number of hydrogen-bond donors (Lipinski definition) is 0. The summed E-state index contributed by atoms with van der Waals surface area (Å²) in [6.45, 7) is 4.60. The number of hydrogen-bond acceptors (Lipinski definition) is 4. The first kappa shape index (κ1) is 18.8. The van der Waals surface area contributed by atoms with Crippen LogP contribution in [0.5, 0.6) is 0 Å². The van der Waals surface area contributed by atoms with Gasteiger partial charge in [-0.05, 0) is 38.5 Å². The molecule has 0 saturated heterocycles. The largest absolute Gasteiger partial charge is 0.466 e. The van der Waals surface area contributed by atoms with E-state index in [1.54, 1.807) is 25.8 Å². The summed E-state index contributed by atoms with van der Waals surface area (Å²) in [6, 6.07) is 1.58. The lowest BCUT2D eigenvalue weighted by molar-refractivity contribution is -0.136. The maximum Gasteiger partial charge on any atom is 0.336 e. The minimum atomic E-state index is -1.61. The molecule has 0 amide bonds. The molecule has 0 radical (unpaired) electrons. The van der Waals surface area contributed by atoms with E-state index in [9.17, 15) is 22.8 Å². The smallest absolute Gasteiger partial charge is 0.336 e. The SMILES string of the molecule is COC(=O)C1=C(C)N(C)C(C)=C(C(C)=O)C1c1cc(F)c(F)c(F)c1. The van der Waals surface area contributed by atoms with Gasteiger partial charge >= 0.3 is 5.97 Å². The van der Waals surface area contributed by atoms with Gasteiger partial charge in [0.2, 0.25) is 0 Å². The molecular weight excluding hydrogens is 335 g/mol. The monoisotopic (exact) mass is 353 g/mol. The van der Waals surface area contributed by atoms with Crippen molar-refractivity contribution in [3.8, 4) is 0 Å². The number of esters is 1. The molecule has 0 N–H and O–H groups in total. The van der Waals surface area contributed by atoms with E-state index in [0.717, 1.165) is 12.1 Å². The van der Waals surface area contributed by atoms with Crippen LogP contribution in [0.2, 0.25) is 0 Å². The van der Waals surface area contributed by atoms with E-state index in [4.69, 9.17) is 4.74 Å². The molecule has 0 bridgehead atoms. The van der Waals surface area contributed by atoms with Crippen LogP contribution in [0, 0.1) is 17.5 Å². The molecule has 1 aliphatic rings. The average Bonchev–Trinajstić information content (AvgIpc) is 2.55. The van der Waals surface area contributed by atoms with Crippen LogP contribution in [0.25, 0.3) is 0 Å². The van der Waals surface area contributed by atoms with Crippen LogP contribution in [0.1, 0.15) is 32.3 Å². The zero-order chi connectivity index (χ0) is 19.0. The third-order valence-electron chi connectivity index (χ3n) is 4.49. The molecule has 134 valence electrons. The summed E-state index contributed by atoms with van der Waals surface area (Å²) in [5.41, 5.74) is 1.25. The summed E-state index contributed by atoms with van der Waals surface area (Å²) in [5.74, 6) is -6.54. The van der Waals surface area contributed by atoms with Crippen molar-refractivity contribution >= 4 is 11.8 Å². The average molecular weight is 353 g/mol. The number of allylic oxidation sites excluding steroid dienone is 3. The highest BCUT2D eigenvalue weighted by atomic mass is 19.2. The van der Waals surface area contributed by atoms with Gasteiger partial charge in [-0.15, -0.1) is 0 Å². The molecule has 1 aromatic rings. The van der Waals surface area contributed by atoms with Gasteiger partial charge in [0.15, 0.2) is 23.2 Å². The Balaban J connectivity index is 2.83. The Kier molecular flexibility index (Phi) is 5.06. The van der Waals surface area contributed by atoms with E-state index in [0.29, 0.717) is 11.4 Å². The molecule has 0 saturated carbocycles. The quantitative estimate of drug-likeness (QED) is 0.617. The van der Waals surface area contributed by atoms with E-state index < -0.39 is 29.3 Å². The van der Waals surface area contributed by atoms with Crippen LogP contribution >= 0.6 is 0 Å². The predicted molar refractivity (Wildman–Crippen MR) is 84.9 cm³/mol. The van der Waals surface area contributed by atoms with Gasteiger partial charge in [0.1, 0.15) is 0 Å². The van der Waals surface area contributed by atoms with Crippen molar-refractivity contribution < 1.29 is 27.5 Å². The molecule has 2 rings (SSSR count). The Bertz CT molecular complexity index is 804. The highest BCUT2D eigenvalue weighted by Crippen LogP contribution is 2.42. The standard InChI is InChI=1S/C18H18F3NO3/c1-8-14(10(3)23)16(11-6-12(19)17(21)13(20)7-11)15(18(24)25-5)9(2)22(8)4/h6-7,16H,1-5H3. The highest BCUT2D eigenvalue weighted by molar-refractivity contribution is 6.02. The van der Waals surface area contributed by atoms with Gasteiger partial charge in [0, 0.05) is 29.9 Å². The Hall–Kier alpha value is -2.57. The number of nitrogens with zero attached hydrogens (tertiary/aromatic N) is 1. The zero-order valence-corrected chi connectivity index (χ0v) is 14.5. The van der Waals surface area contributed by atoms with Crippen LogP contribution in [0.15, 0.2) is 34.7 Å². The molecule has 0 spiro atoms. The lowest BCUT2D eigenvalue weighted by Crippen LogP contribution is -2.32. The number of Topliss-reactive ketones (excluding diaryl/α,β-unsaturated/α-hetero) is 1. The molecule has 0 aliphatic carbocycles. The summed E-state index contributed by atoms with van der Waals surface area (Å²) >= 11 is 0. The fraction of sp³-hybridized carbons (Fsp3) is 0.333. The van der Waals surface area contributed by atoms with Gasteiger partial charge in [-0.3, -0.25) is 4.79 Å². The second-order valence-corrected chi connectivity index (χ2v) is 5.84. The van der Waals surface area contributed by atoms with Crippen molar-refractivity contribution in [1.29, 1.82) is 0 Å². The maximum atomic E-state index is 13.7. The first-order valence-corrected chi connectivity index (χ1v) is 7.50. The number of carbonyl (C=O) groups is 2. The molecule has 1 atom stereocenters. The summed E-state index contributed by atoms with van der Waals surface area (Å²) in [5, 5.41) is 0. The number of ether oxygens (including phenoxy) is 1. The second-order valence-electron chi connectivity index (χ2n) is 5.84. The van der Waals surface area contributed by atoms with Crippen LogP contribution in [-0.4, -0.2) is 30.8 Å². The van der Waals surface area contributed by atoms with Gasteiger partial charge in [0.05, 0.1) is 12.7 Å². The Morgan fingerprint density at radius 3 is 1.96 bits per heavy atom. The minimum Gasteiger partial charge on any atom is -0.466 e. The van der Waals surface area contributed by atoms with Crippen molar-refractivity contribution in [2.24, 2.45) is 0 Å². The van der Waals surface area contributed by atoms with Crippen molar-refractivity contribution in [3.05, 3.63) is 57.7 Å². The molecule has 1 aliphatic heterocycles. The lowest BCUT2D eigenvalue weighted by Gasteiger charge is -2.35. The molecule has 0 fully saturated rings. The molecule has 7 heteroatoms. The molecular formula is C18H18F3NO3. The fourth-order valence-corrected chi connectivity index (χ4v) is 3.08. The van der Waals surface area contributed by atoms with E-state index in [1.165, 1.54) is 14.0 Å². The highest BCUT2D eigenvalue weighted by Gasteiger charge is 2.38. The van der Waals surface area contributed by atoms with E-state index in [2.05, 4.69) is 0 Å². The molecule has 4 nitrogen and oxygen atoms in total. The number of carbonyl (C=O) groups excluding carboxylic acids is 2. The van der Waals surface area contributed by atoms with Gasteiger partial charge < -0.3 is 9.64 Å². The van der Waals surface area contributed by atoms with Crippen LogP contribution in [-0.2, 0) is 14.3 Å². The number of ketones is 1. The van der Waals surface area contributed by atoms with E-state index in [-0.39, 0.29) is 22.5 Å². The fourth-order valence-electron chi connectivity index (χ4n) is 3.08. The molecule has 0 aromatic heterocycles. The summed E-state index contributed by atoms with van der Waals surface area (Å²) < 4.78 is 45.6. The Labute approximate surface area is 143 Å². The zero-order valence-electron chi connectivity index (χ0n) is 14.5. The van der Waals surface area contributed by atoms with Crippen molar-refractivity contribution in [3.63, 3.8) is 0 Å². The van der Waals surface area contributed by atoms with Crippen LogP contribution in [0.3, 0.4) is 0 Å².